The van der Waals surface area contributed by atoms with E-state index in [9.17, 15) is 19.7 Å². The lowest BCUT2D eigenvalue weighted by Gasteiger charge is -2.33. The molecule has 1 aromatic carbocycles. The first-order chi connectivity index (χ1) is 8.78. The molecule has 0 saturated carbocycles. The fraction of sp³-hybridized carbons (Fsp3) is 0.636. The van der Waals surface area contributed by atoms with Crippen LogP contribution in [0.5, 0.6) is 0 Å². The Morgan fingerprint density at radius 1 is 1.37 bits per heavy atom. The van der Waals surface area contributed by atoms with Gasteiger partial charge in [-0.15, -0.1) is 0 Å². The normalized spacial score (nSPS) is 29.8. The van der Waals surface area contributed by atoms with E-state index in [0.717, 1.165) is 11.1 Å². The molecular weight excluding hydrogens is 271 g/mol. The van der Waals surface area contributed by atoms with Crippen LogP contribution in [0.2, 0.25) is 0 Å². The summed E-state index contributed by atoms with van der Waals surface area (Å²) in [4.78, 5) is 41.3. The molecule has 1 aromatic rings. The Bertz CT molecular complexity index is 698. The van der Waals surface area contributed by atoms with Crippen LogP contribution in [0.4, 0.5) is 0 Å². The highest BCUT2D eigenvalue weighted by molar-refractivity contribution is 7.51. The van der Waals surface area contributed by atoms with Crippen molar-refractivity contribution in [1.29, 1.82) is 0 Å². The maximum Gasteiger partial charge on any atom is 0.325 e. The maximum absolute atomic E-state index is 11.7. The molecule has 0 aliphatic carbocycles. The van der Waals surface area contributed by atoms with E-state index in [1.807, 2.05) is 0 Å². The minimum Gasteiger partial charge on any atom is -0.505 e. The van der Waals surface area contributed by atoms with E-state index in [2.05, 4.69) is 0 Å². The number of rotatable bonds is 3. The monoisotopic (exact) mass is 284 g/mol. The first-order valence-electron chi connectivity index (χ1n) is 6.14. The lowest BCUT2D eigenvalue weighted by Crippen LogP contribution is -2.45. The van der Waals surface area contributed by atoms with Crippen molar-refractivity contribution in [3.63, 3.8) is 0 Å². The number of piperidine rings is 1. The van der Waals surface area contributed by atoms with Crippen molar-refractivity contribution >= 4 is 7.60 Å². The van der Waals surface area contributed by atoms with Crippen molar-refractivity contribution in [3.8, 4) is 0 Å². The molecule has 0 amide bonds. The fourth-order valence-corrected chi connectivity index (χ4v) is 4.17. The van der Waals surface area contributed by atoms with Crippen LogP contribution < -0.4 is 10.9 Å². The van der Waals surface area contributed by atoms with Crippen LogP contribution in [0.3, 0.4) is 0 Å². The Hall–Kier alpha value is -1.17. The second-order valence-electron chi connectivity index (χ2n) is 5.37. The summed E-state index contributed by atoms with van der Waals surface area (Å²) < 4.78 is 12.0. The van der Waals surface area contributed by atoms with Gasteiger partial charge in [-0.25, -0.2) is 0 Å². The van der Waals surface area contributed by atoms with Crippen LogP contribution in [0, 0.1) is 0 Å². The third-order valence-corrected chi connectivity index (χ3v) is 5.17. The molecule has 2 aliphatic heterocycles. The zero-order chi connectivity index (χ0) is 14.0. The van der Waals surface area contributed by atoms with Gasteiger partial charge in [-0.1, -0.05) is 0 Å². The Morgan fingerprint density at radius 3 is 2.68 bits per heavy atom. The van der Waals surface area contributed by atoms with Gasteiger partial charge in [0.05, 0.1) is 17.3 Å². The fourth-order valence-electron chi connectivity index (χ4n) is 3.51. The van der Waals surface area contributed by atoms with E-state index < -0.39 is 36.2 Å². The minimum absolute atomic E-state index is 0.0118. The van der Waals surface area contributed by atoms with Crippen LogP contribution in [-0.4, -0.2) is 20.6 Å². The highest BCUT2D eigenvalue weighted by Gasteiger charge is 2.60. The molecule has 19 heavy (non-hydrogen) atoms. The molecule has 2 heterocycles. The first-order valence-corrected chi connectivity index (χ1v) is 7.94. The van der Waals surface area contributed by atoms with Crippen molar-refractivity contribution in [2.75, 3.05) is 6.16 Å². The summed E-state index contributed by atoms with van der Waals surface area (Å²) in [5.74, 6) is 0. The van der Waals surface area contributed by atoms with Crippen LogP contribution >= 0.6 is 7.60 Å². The summed E-state index contributed by atoms with van der Waals surface area (Å²) in [5.41, 5.74) is 8.62. The average Bonchev–Trinajstić information content (AvgIpc) is 2.46. The van der Waals surface area contributed by atoms with Gasteiger partial charge >= 0.3 is 7.60 Å². The van der Waals surface area contributed by atoms with E-state index >= 15 is 0 Å². The zero-order valence-corrected chi connectivity index (χ0v) is 11.0. The highest BCUT2D eigenvalue weighted by Crippen LogP contribution is 2.53. The minimum atomic E-state index is -4.21. The lowest BCUT2D eigenvalue weighted by molar-refractivity contribution is -0.673. The van der Waals surface area contributed by atoms with Crippen LogP contribution in [0.15, 0.2) is 9.59 Å². The number of hydrogen-bond acceptors (Lipinski definition) is 3. The van der Waals surface area contributed by atoms with Crippen LogP contribution in [-0.2, 0) is 10.1 Å². The van der Waals surface area contributed by atoms with Gasteiger partial charge in [-0.05, 0) is 6.42 Å². The molecule has 102 valence electrons. The van der Waals surface area contributed by atoms with Crippen molar-refractivity contribution in [1.82, 2.24) is 0 Å². The summed E-state index contributed by atoms with van der Waals surface area (Å²) in [6.45, 7) is 0. The largest absolute Gasteiger partial charge is 0.505 e. The predicted octanol–water partition coefficient (Wildman–Crippen LogP) is 0.318. The van der Waals surface area contributed by atoms with Gasteiger partial charge in [-0.2, -0.15) is 0 Å². The SMILES string of the molecule is [N-]=[N+]1C2CCCC1(CCP(=O)(O)O)c1c2c(=O)c1=O. The van der Waals surface area contributed by atoms with Crippen molar-refractivity contribution in [2.24, 2.45) is 0 Å². The van der Waals surface area contributed by atoms with Gasteiger partial charge in [0, 0.05) is 19.3 Å². The zero-order valence-electron chi connectivity index (χ0n) is 10.1. The van der Waals surface area contributed by atoms with Gasteiger partial charge < -0.3 is 20.0 Å². The maximum atomic E-state index is 11.7. The quantitative estimate of drug-likeness (QED) is 0.471. The van der Waals surface area contributed by atoms with Gasteiger partial charge in [0.2, 0.25) is 10.9 Å². The van der Waals surface area contributed by atoms with E-state index in [0.29, 0.717) is 18.4 Å². The van der Waals surface area contributed by atoms with Crippen molar-refractivity contribution < 1.29 is 19.0 Å². The molecule has 2 bridgehead atoms. The van der Waals surface area contributed by atoms with Gasteiger partial charge in [0.15, 0.2) is 11.6 Å². The van der Waals surface area contributed by atoms with Crippen LogP contribution in [0.25, 0.3) is 5.53 Å². The summed E-state index contributed by atoms with van der Waals surface area (Å²) in [7, 11) is -4.21. The second-order valence-corrected chi connectivity index (χ2v) is 7.15. The molecular formula is C11H13N2O5P. The Morgan fingerprint density at radius 2 is 2.05 bits per heavy atom. The van der Waals surface area contributed by atoms with E-state index in [-0.39, 0.29) is 12.0 Å². The molecule has 2 aliphatic rings. The van der Waals surface area contributed by atoms with Crippen molar-refractivity contribution in [2.45, 2.75) is 37.3 Å². The summed E-state index contributed by atoms with van der Waals surface area (Å²) in [6.07, 6.45) is 1.33. The highest BCUT2D eigenvalue weighted by atomic mass is 31.2. The Labute approximate surface area is 108 Å². The van der Waals surface area contributed by atoms with Gasteiger partial charge in [0.1, 0.15) is 0 Å². The second kappa shape index (κ2) is 3.69. The van der Waals surface area contributed by atoms with E-state index in [1.54, 1.807) is 0 Å². The third-order valence-electron chi connectivity index (χ3n) is 4.36. The molecule has 0 radical (unpaired) electrons. The standard InChI is InChI=1S/C11H13N2O5P/c12-13-6-2-1-3-11(13,4-5-19(16,17)18)8-7(6)9(14)10(8)15/h6H,1-5H2,(H2,16,17,18). The summed E-state index contributed by atoms with van der Waals surface area (Å²) in [5, 5.41) is 0. The molecule has 0 aromatic heterocycles. The molecule has 7 nitrogen and oxygen atoms in total. The summed E-state index contributed by atoms with van der Waals surface area (Å²) in [6, 6.07) is -0.481. The third kappa shape index (κ3) is 1.55. The Kier molecular flexibility index (Phi) is 2.49. The van der Waals surface area contributed by atoms with Gasteiger partial charge in [0.25, 0.3) is 0 Å². The summed E-state index contributed by atoms with van der Waals surface area (Å²) >= 11 is 0. The molecule has 0 spiro atoms. The molecule has 3 rings (SSSR count). The molecule has 2 atom stereocenters. The molecule has 2 N–H and O–H groups in total. The van der Waals surface area contributed by atoms with Gasteiger partial charge in [-0.3, -0.25) is 14.2 Å². The molecule has 1 saturated heterocycles. The smallest absolute Gasteiger partial charge is 0.325 e. The molecule has 8 heteroatoms. The molecule has 2 unspecified atom stereocenters. The van der Waals surface area contributed by atoms with E-state index in [4.69, 9.17) is 9.79 Å². The number of nitrogens with zero attached hydrogens (tertiary/aromatic N) is 2. The van der Waals surface area contributed by atoms with Crippen molar-refractivity contribution in [3.05, 3.63) is 37.1 Å². The number of hydrogen-bond donors (Lipinski definition) is 2. The lowest BCUT2D eigenvalue weighted by atomic mass is 9.82. The van der Waals surface area contributed by atoms with E-state index in [1.165, 1.54) is 0 Å². The molecule has 1 fully saturated rings. The Balaban J connectivity index is 2.07. The number of fused-ring (bicyclic) bond motifs is 5. The predicted molar refractivity (Wildman–Crippen MR) is 64.8 cm³/mol. The average molecular weight is 284 g/mol. The first kappa shape index (κ1) is 12.8. The van der Waals surface area contributed by atoms with Crippen LogP contribution in [0.1, 0.15) is 42.9 Å². The topological polar surface area (TPSA) is 117 Å².